The van der Waals surface area contributed by atoms with E-state index in [0.29, 0.717) is 35.7 Å². The van der Waals surface area contributed by atoms with Crippen molar-refractivity contribution in [3.63, 3.8) is 0 Å². The van der Waals surface area contributed by atoms with Gasteiger partial charge in [0.1, 0.15) is 5.76 Å². The lowest BCUT2D eigenvalue weighted by Gasteiger charge is -2.30. The van der Waals surface area contributed by atoms with E-state index >= 15 is 0 Å². The summed E-state index contributed by atoms with van der Waals surface area (Å²) in [5.41, 5.74) is 2.45. The summed E-state index contributed by atoms with van der Waals surface area (Å²) >= 11 is 6.00. The standard InChI is InChI=1S/C22H22ClNO2/c1-22(2)12-18(25)20(19(26)13-22)21(16-8-10-17(23)11-9-16)24-14-15-6-4-3-5-7-15/h3-11,25H,12-14H2,1-2H3. The third-order valence-electron chi connectivity index (χ3n) is 4.47. The summed E-state index contributed by atoms with van der Waals surface area (Å²) in [4.78, 5) is 17.5. The van der Waals surface area contributed by atoms with Crippen molar-refractivity contribution in [3.05, 3.63) is 82.1 Å². The minimum Gasteiger partial charge on any atom is -0.511 e. The van der Waals surface area contributed by atoms with Gasteiger partial charge in [0, 0.05) is 23.4 Å². The summed E-state index contributed by atoms with van der Waals surface area (Å²) in [6.45, 7) is 4.41. The summed E-state index contributed by atoms with van der Waals surface area (Å²) in [5, 5.41) is 11.2. The van der Waals surface area contributed by atoms with Gasteiger partial charge in [-0.1, -0.05) is 67.9 Å². The van der Waals surface area contributed by atoms with Gasteiger partial charge in [0.25, 0.3) is 0 Å². The third kappa shape index (κ3) is 4.23. The average Bonchev–Trinajstić information content (AvgIpc) is 2.58. The Kier molecular flexibility index (Phi) is 5.28. The molecule has 0 unspecified atom stereocenters. The van der Waals surface area contributed by atoms with E-state index in [0.717, 1.165) is 11.1 Å². The summed E-state index contributed by atoms with van der Waals surface area (Å²) in [6, 6.07) is 17.0. The number of hydrogen-bond acceptors (Lipinski definition) is 3. The van der Waals surface area contributed by atoms with Gasteiger partial charge < -0.3 is 5.11 Å². The minimum absolute atomic E-state index is 0.0690. The monoisotopic (exact) mass is 367 g/mol. The molecule has 0 radical (unpaired) electrons. The van der Waals surface area contributed by atoms with Crippen LogP contribution in [0.2, 0.25) is 5.02 Å². The van der Waals surface area contributed by atoms with E-state index in [1.807, 2.05) is 56.3 Å². The van der Waals surface area contributed by atoms with Gasteiger partial charge in [-0.25, -0.2) is 0 Å². The molecule has 0 saturated carbocycles. The number of halogens is 1. The molecule has 3 rings (SSSR count). The van der Waals surface area contributed by atoms with Crippen molar-refractivity contribution in [3.8, 4) is 0 Å². The smallest absolute Gasteiger partial charge is 0.168 e. The van der Waals surface area contributed by atoms with Crippen molar-refractivity contribution in [2.75, 3.05) is 0 Å². The largest absolute Gasteiger partial charge is 0.511 e. The number of allylic oxidation sites excluding steroid dienone is 2. The van der Waals surface area contributed by atoms with Crippen LogP contribution in [0.1, 0.15) is 37.8 Å². The van der Waals surface area contributed by atoms with Crippen LogP contribution in [0.25, 0.3) is 0 Å². The highest BCUT2D eigenvalue weighted by Crippen LogP contribution is 2.37. The number of rotatable bonds is 4. The van der Waals surface area contributed by atoms with Crippen LogP contribution in [0, 0.1) is 5.41 Å². The third-order valence-corrected chi connectivity index (χ3v) is 4.72. The SMILES string of the molecule is CC1(C)CC(=O)C(C(=NCc2ccccc2)c2ccc(Cl)cc2)=C(O)C1. The lowest BCUT2D eigenvalue weighted by Crippen LogP contribution is -2.29. The first-order chi connectivity index (χ1) is 12.4. The quantitative estimate of drug-likeness (QED) is 0.722. The molecule has 0 saturated heterocycles. The Hall–Kier alpha value is -2.39. The van der Waals surface area contributed by atoms with Crippen molar-refractivity contribution < 1.29 is 9.90 Å². The number of aliphatic hydroxyl groups is 1. The van der Waals surface area contributed by atoms with Crippen LogP contribution in [0.5, 0.6) is 0 Å². The molecule has 2 aromatic rings. The van der Waals surface area contributed by atoms with Crippen LogP contribution in [0.15, 0.2) is 70.9 Å². The molecule has 4 heteroatoms. The Morgan fingerprint density at radius 3 is 2.35 bits per heavy atom. The second-order valence-corrected chi connectivity index (χ2v) is 7.86. The van der Waals surface area contributed by atoms with Gasteiger partial charge in [-0.15, -0.1) is 0 Å². The molecule has 0 aliphatic heterocycles. The predicted octanol–water partition coefficient (Wildman–Crippen LogP) is 5.53. The van der Waals surface area contributed by atoms with Crippen LogP contribution in [-0.2, 0) is 11.3 Å². The van der Waals surface area contributed by atoms with Crippen LogP contribution in [0.3, 0.4) is 0 Å². The van der Waals surface area contributed by atoms with Crippen LogP contribution in [-0.4, -0.2) is 16.6 Å². The Morgan fingerprint density at radius 1 is 1.08 bits per heavy atom. The van der Waals surface area contributed by atoms with Gasteiger partial charge in [0.15, 0.2) is 5.78 Å². The second-order valence-electron chi connectivity index (χ2n) is 7.42. The maximum absolute atomic E-state index is 12.8. The highest BCUT2D eigenvalue weighted by atomic mass is 35.5. The number of ketones is 1. The molecule has 2 aromatic carbocycles. The number of Topliss-reactive ketones (excluding diaryl/α,β-unsaturated/α-hetero) is 1. The highest BCUT2D eigenvalue weighted by molar-refractivity contribution is 6.31. The summed E-state index contributed by atoms with van der Waals surface area (Å²) < 4.78 is 0. The van der Waals surface area contributed by atoms with E-state index in [4.69, 9.17) is 16.6 Å². The molecular weight excluding hydrogens is 346 g/mol. The van der Waals surface area contributed by atoms with Gasteiger partial charge >= 0.3 is 0 Å². The summed E-state index contributed by atoms with van der Waals surface area (Å²) in [7, 11) is 0. The fraction of sp³-hybridized carbons (Fsp3) is 0.273. The number of carbonyl (C=O) groups excluding carboxylic acids is 1. The van der Waals surface area contributed by atoms with Crippen LogP contribution >= 0.6 is 11.6 Å². The van der Waals surface area contributed by atoms with Crippen LogP contribution in [0.4, 0.5) is 0 Å². The Balaban J connectivity index is 2.06. The molecule has 0 amide bonds. The number of hydrogen-bond donors (Lipinski definition) is 1. The molecule has 0 spiro atoms. The zero-order valence-electron chi connectivity index (χ0n) is 15.0. The van der Waals surface area contributed by atoms with Gasteiger partial charge in [0.05, 0.1) is 17.8 Å². The molecule has 134 valence electrons. The van der Waals surface area contributed by atoms with Crippen molar-refractivity contribution in [2.24, 2.45) is 10.4 Å². The number of nitrogens with zero attached hydrogens (tertiary/aromatic N) is 1. The lowest BCUT2D eigenvalue weighted by molar-refractivity contribution is -0.117. The van der Waals surface area contributed by atoms with E-state index in [2.05, 4.69) is 0 Å². The van der Waals surface area contributed by atoms with Gasteiger partial charge in [-0.2, -0.15) is 0 Å². The van der Waals surface area contributed by atoms with Crippen molar-refractivity contribution in [1.29, 1.82) is 0 Å². The number of aliphatic hydroxyl groups excluding tert-OH is 1. The molecule has 0 bridgehead atoms. The first-order valence-corrected chi connectivity index (χ1v) is 9.03. The van der Waals surface area contributed by atoms with E-state index < -0.39 is 0 Å². The number of aliphatic imine (C=N–C) groups is 1. The Morgan fingerprint density at radius 2 is 1.73 bits per heavy atom. The van der Waals surface area contributed by atoms with Gasteiger partial charge in [0.2, 0.25) is 0 Å². The molecule has 1 N–H and O–H groups in total. The number of benzene rings is 2. The normalized spacial score (nSPS) is 17.5. The van der Waals surface area contributed by atoms with Crippen molar-refractivity contribution >= 4 is 23.1 Å². The fourth-order valence-electron chi connectivity index (χ4n) is 3.23. The fourth-order valence-corrected chi connectivity index (χ4v) is 3.36. The molecule has 0 heterocycles. The molecule has 0 aromatic heterocycles. The molecule has 0 fully saturated rings. The van der Waals surface area contributed by atoms with Crippen molar-refractivity contribution in [1.82, 2.24) is 0 Å². The van der Waals surface area contributed by atoms with E-state index in [-0.39, 0.29) is 17.0 Å². The molecule has 1 aliphatic carbocycles. The molecule has 26 heavy (non-hydrogen) atoms. The second kappa shape index (κ2) is 7.46. The molecule has 0 atom stereocenters. The van der Waals surface area contributed by atoms with Crippen LogP contribution < -0.4 is 0 Å². The first-order valence-electron chi connectivity index (χ1n) is 8.66. The van der Waals surface area contributed by atoms with Gasteiger partial charge in [-0.3, -0.25) is 9.79 Å². The first kappa shape index (κ1) is 18.4. The van der Waals surface area contributed by atoms with Gasteiger partial charge in [-0.05, 0) is 23.1 Å². The molecule has 1 aliphatic rings. The van der Waals surface area contributed by atoms with E-state index in [1.54, 1.807) is 12.1 Å². The topological polar surface area (TPSA) is 49.7 Å². The highest BCUT2D eigenvalue weighted by Gasteiger charge is 2.35. The molecule has 3 nitrogen and oxygen atoms in total. The van der Waals surface area contributed by atoms with E-state index in [1.165, 1.54) is 0 Å². The van der Waals surface area contributed by atoms with E-state index in [9.17, 15) is 9.90 Å². The zero-order valence-corrected chi connectivity index (χ0v) is 15.8. The number of carbonyl (C=O) groups is 1. The van der Waals surface area contributed by atoms with Crippen molar-refractivity contribution in [2.45, 2.75) is 33.2 Å². The summed E-state index contributed by atoms with van der Waals surface area (Å²) in [5.74, 6) is 0.0496. The minimum atomic E-state index is -0.241. The molecular formula is C22H22ClNO2. The summed E-state index contributed by atoms with van der Waals surface area (Å²) in [6.07, 6.45) is 0.858. The maximum atomic E-state index is 12.8. The lowest BCUT2D eigenvalue weighted by atomic mass is 9.75. The Bertz CT molecular complexity index is 865. The zero-order chi connectivity index (χ0) is 18.7. The Labute approximate surface area is 159 Å². The maximum Gasteiger partial charge on any atom is 0.168 e. The average molecular weight is 368 g/mol. The predicted molar refractivity (Wildman–Crippen MR) is 106 cm³/mol.